The minimum Gasteiger partial charge on any atom is -0.457 e. The second-order valence-electron chi connectivity index (χ2n) is 11.8. The summed E-state index contributed by atoms with van der Waals surface area (Å²) in [6, 6.07) is 52.0. The molecule has 0 unspecified atom stereocenters. The van der Waals surface area contributed by atoms with E-state index in [0.29, 0.717) is 5.19 Å². The number of rotatable bonds is 4. The number of halogens is 1. The van der Waals surface area contributed by atoms with Gasteiger partial charge in [-0.05, 0) is 67.2 Å². The fourth-order valence-corrected chi connectivity index (χ4v) is 12.9. The van der Waals surface area contributed by atoms with Crippen molar-refractivity contribution in [3.05, 3.63) is 203 Å². The standard InChI is InChI=1S/C43H29BrOSi/c44-30-14-13-19-33(28-30)46(31-15-3-1-4-16-31,32-17-5-2-6-18-32)34-26-27-36-35-20-7-8-21-37(35)43(40(36)29-34)38-22-9-11-24-41(38)45-42-25-12-10-23-39(42)43/h1-29H/i13D,14D,19D,28D. The maximum atomic E-state index is 9.57. The van der Waals surface area contributed by atoms with Gasteiger partial charge in [0.2, 0.25) is 0 Å². The number of ether oxygens (including phenoxy) is 1. The molecule has 1 aliphatic carbocycles. The van der Waals surface area contributed by atoms with E-state index in [2.05, 4.69) is 107 Å². The van der Waals surface area contributed by atoms with Crippen molar-refractivity contribution in [3.8, 4) is 22.6 Å². The second kappa shape index (κ2) is 10.6. The summed E-state index contributed by atoms with van der Waals surface area (Å²) < 4.78 is 43.4. The molecule has 0 atom stereocenters. The molecule has 1 aliphatic heterocycles. The van der Waals surface area contributed by atoms with Crippen molar-refractivity contribution in [2.45, 2.75) is 5.41 Å². The predicted octanol–water partition coefficient (Wildman–Crippen LogP) is 8.30. The number of fused-ring (bicyclic) bond motifs is 9. The number of hydrogen-bond donors (Lipinski definition) is 0. The molecule has 2 aliphatic rings. The molecule has 1 heterocycles. The lowest BCUT2D eigenvalue weighted by atomic mass is 9.66. The third-order valence-electron chi connectivity index (χ3n) is 9.66. The highest BCUT2D eigenvalue weighted by Crippen LogP contribution is 2.61. The van der Waals surface area contributed by atoms with Crippen molar-refractivity contribution in [1.29, 1.82) is 0 Å². The molecule has 0 radical (unpaired) electrons. The third kappa shape index (κ3) is 3.73. The summed E-state index contributed by atoms with van der Waals surface area (Å²) in [7, 11) is -3.52. The van der Waals surface area contributed by atoms with Crippen LogP contribution in [0.25, 0.3) is 11.1 Å². The van der Waals surface area contributed by atoms with Gasteiger partial charge >= 0.3 is 0 Å². The maximum absolute atomic E-state index is 9.57. The van der Waals surface area contributed by atoms with E-state index in [9.17, 15) is 2.74 Å². The zero-order valence-electron chi connectivity index (χ0n) is 28.7. The molecule has 0 N–H and O–H groups in total. The van der Waals surface area contributed by atoms with Crippen LogP contribution in [0.2, 0.25) is 0 Å². The SMILES string of the molecule is [2H]c1c([2H])c(Br)c([2H])c([Si](c2ccccc2)(c2ccccc2)c2ccc3c(c2)C2(c4ccccc4Oc4ccccc42)c2ccccc2-3)c1[2H]. The highest BCUT2D eigenvalue weighted by Gasteiger charge is 2.52. The van der Waals surface area contributed by atoms with Gasteiger partial charge in [0.25, 0.3) is 0 Å². The number of benzene rings is 7. The number of para-hydroxylation sites is 2. The van der Waals surface area contributed by atoms with Crippen LogP contribution in [-0.2, 0) is 5.41 Å². The van der Waals surface area contributed by atoms with Gasteiger partial charge in [0.1, 0.15) is 11.5 Å². The summed E-state index contributed by atoms with van der Waals surface area (Å²) >= 11 is 3.52. The molecular formula is C43H29BrOSi. The van der Waals surface area contributed by atoms with Gasteiger partial charge in [0.15, 0.2) is 8.07 Å². The van der Waals surface area contributed by atoms with Crippen LogP contribution in [0.1, 0.15) is 27.7 Å². The molecular weight excluding hydrogens is 640 g/mol. The zero-order chi connectivity index (χ0) is 34.2. The van der Waals surface area contributed by atoms with Gasteiger partial charge in [-0.15, -0.1) is 0 Å². The van der Waals surface area contributed by atoms with E-state index in [1.54, 1.807) is 0 Å². The van der Waals surface area contributed by atoms with Gasteiger partial charge < -0.3 is 4.74 Å². The van der Waals surface area contributed by atoms with Crippen LogP contribution < -0.4 is 25.5 Å². The first-order valence-corrected chi connectivity index (χ1v) is 18.2. The second-order valence-corrected chi connectivity index (χ2v) is 16.3. The Morgan fingerprint density at radius 1 is 0.500 bits per heavy atom. The molecule has 0 aromatic heterocycles. The minimum absolute atomic E-state index is 0.0793. The van der Waals surface area contributed by atoms with Gasteiger partial charge in [-0.25, -0.2) is 0 Å². The molecule has 7 aromatic rings. The van der Waals surface area contributed by atoms with E-state index in [1.807, 2.05) is 60.7 Å². The fraction of sp³-hybridized carbons (Fsp3) is 0.0233. The van der Waals surface area contributed by atoms with E-state index in [1.165, 1.54) is 5.56 Å². The molecule has 0 amide bonds. The van der Waals surface area contributed by atoms with Gasteiger partial charge in [-0.1, -0.05) is 168 Å². The van der Waals surface area contributed by atoms with Crippen molar-refractivity contribution >= 4 is 44.8 Å². The van der Waals surface area contributed by atoms with Crippen molar-refractivity contribution in [1.82, 2.24) is 0 Å². The molecule has 46 heavy (non-hydrogen) atoms. The van der Waals surface area contributed by atoms with Crippen LogP contribution in [0.4, 0.5) is 0 Å². The molecule has 3 heteroatoms. The van der Waals surface area contributed by atoms with Crippen LogP contribution >= 0.6 is 15.9 Å². The van der Waals surface area contributed by atoms with Crippen molar-refractivity contribution in [2.24, 2.45) is 0 Å². The summed E-state index contributed by atoms with van der Waals surface area (Å²) in [5.74, 6) is 1.62. The molecule has 0 fully saturated rings. The van der Waals surface area contributed by atoms with E-state index >= 15 is 0 Å². The summed E-state index contributed by atoms with van der Waals surface area (Å²) in [4.78, 5) is 0. The highest BCUT2D eigenvalue weighted by molar-refractivity contribution is 9.10. The van der Waals surface area contributed by atoms with Crippen LogP contribution in [0.15, 0.2) is 180 Å². The van der Waals surface area contributed by atoms with E-state index in [4.69, 9.17) is 7.48 Å². The average Bonchev–Trinajstić information content (AvgIpc) is 3.46. The molecule has 1 nitrogen and oxygen atoms in total. The lowest BCUT2D eigenvalue weighted by Crippen LogP contribution is -2.74. The highest BCUT2D eigenvalue weighted by atomic mass is 79.9. The van der Waals surface area contributed by atoms with Crippen LogP contribution in [-0.4, -0.2) is 8.07 Å². The Kier molecular flexibility index (Phi) is 5.36. The molecule has 9 rings (SSSR count). The summed E-state index contributed by atoms with van der Waals surface area (Å²) in [6.07, 6.45) is 0. The van der Waals surface area contributed by atoms with Crippen molar-refractivity contribution in [3.63, 3.8) is 0 Å². The van der Waals surface area contributed by atoms with E-state index in [-0.39, 0.29) is 28.6 Å². The van der Waals surface area contributed by atoms with Crippen LogP contribution in [0, 0.1) is 0 Å². The third-order valence-corrected chi connectivity index (χ3v) is 14.6. The Bertz CT molecular complexity index is 2370. The van der Waals surface area contributed by atoms with Gasteiger partial charge in [0.05, 0.1) is 10.9 Å². The maximum Gasteiger partial charge on any atom is 0.179 e. The first-order valence-electron chi connectivity index (χ1n) is 17.4. The van der Waals surface area contributed by atoms with Crippen LogP contribution in [0.3, 0.4) is 0 Å². The minimum atomic E-state index is -3.52. The van der Waals surface area contributed by atoms with E-state index < -0.39 is 13.5 Å². The Morgan fingerprint density at radius 2 is 1.04 bits per heavy atom. The van der Waals surface area contributed by atoms with Crippen molar-refractivity contribution < 1.29 is 10.2 Å². The predicted molar refractivity (Wildman–Crippen MR) is 195 cm³/mol. The molecule has 1 spiro atoms. The molecule has 0 saturated carbocycles. The van der Waals surface area contributed by atoms with E-state index in [0.717, 1.165) is 54.9 Å². The monoisotopic (exact) mass is 672 g/mol. The Morgan fingerprint density at radius 3 is 1.70 bits per heavy atom. The molecule has 0 bridgehead atoms. The Balaban J connectivity index is 1.48. The lowest BCUT2D eigenvalue weighted by molar-refractivity contribution is 0.436. The van der Waals surface area contributed by atoms with Crippen LogP contribution in [0.5, 0.6) is 11.5 Å². The zero-order valence-corrected chi connectivity index (χ0v) is 27.3. The fourth-order valence-electron chi connectivity index (χ4n) is 7.91. The average molecular weight is 674 g/mol. The number of hydrogen-bond acceptors (Lipinski definition) is 1. The Labute approximate surface area is 284 Å². The first kappa shape index (κ1) is 23.4. The van der Waals surface area contributed by atoms with Crippen molar-refractivity contribution in [2.75, 3.05) is 0 Å². The molecule has 7 aromatic carbocycles. The van der Waals surface area contributed by atoms with Gasteiger partial charge in [0, 0.05) is 15.6 Å². The lowest BCUT2D eigenvalue weighted by Gasteiger charge is -2.40. The molecule has 218 valence electrons. The summed E-state index contributed by atoms with van der Waals surface area (Å²) in [6.45, 7) is 0. The quantitative estimate of drug-likeness (QED) is 0.135. The largest absolute Gasteiger partial charge is 0.457 e. The normalized spacial score (nSPS) is 14.9. The van der Waals surface area contributed by atoms with Gasteiger partial charge in [-0.2, -0.15) is 0 Å². The molecule has 0 saturated heterocycles. The summed E-state index contributed by atoms with van der Waals surface area (Å²) in [5.41, 5.74) is 6.00. The topological polar surface area (TPSA) is 9.23 Å². The smallest absolute Gasteiger partial charge is 0.179 e. The first-order chi connectivity index (χ1) is 24.4. The summed E-state index contributed by atoms with van der Waals surface area (Å²) in [5, 5.41) is 3.47. The Hall–Kier alpha value is -4.96. The van der Waals surface area contributed by atoms with Gasteiger partial charge in [-0.3, -0.25) is 0 Å².